The van der Waals surface area contributed by atoms with Crippen LogP contribution in [-0.2, 0) is 16.1 Å². The molecular weight excluding hydrogens is 250 g/mol. The van der Waals surface area contributed by atoms with Crippen LogP contribution in [0.5, 0.6) is 0 Å². The second-order valence-electron chi connectivity index (χ2n) is 4.14. The number of aryl methyl sites for hydroxylation is 1. The number of aromatic carboxylic acids is 1. The number of ether oxygens (including phenoxy) is 1. The molecule has 1 aromatic heterocycles. The van der Waals surface area contributed by atoms with Crippen molar-refractivity contribution in [2.45, 2.75) is 33.7 Å². The van der Waals surface area contributed by atoms with E-state index in [4.69, 9.17) is 9.84 Å². The average molecular weight is 267 g/mol. The summed E-state index contributed by atoms with van der Waals surface area (Å²) in [6.45, 7) is 5.23. The van der Waals surface area contributed by atoms with Gasteiger partial charge in [0.15, 0.2) is 0 Å². The fourth-order valence-electron chi connectivity index (χ4n) is 1.96. The van der Waals surface area contributed by atoms with Crippen molar-refractivity contribution in [3.05, 3.63) is 33.2 Å². The number of carboxylic acids is 1. The summed E-state index contributed by atoms with van der Waals surface area (Å²) in [6, 6.07) is 1.27. The van der Waals surface area contributed by atoms with Crippen LogP contribution in [0.3, 0.4) is 0 Å². The minimum Gasteiger partial charge on any atom is -0.478 e. The Morgan fingerprint density at radius 2 is 2.00 bits per heavy atom. The normalized spacial score (nSPS) is 10.3. The summed E-state index contributed by atoms with van der Waals surface area (Å²) < 4.78 is 6.06. The van der Waals surface area contributed by atoms with Crippen molar-refractivity contribution >= 4 is 11.9 Å². The van der Waals surface area contributed by atoms with E-state index in [-0.39, 0.29) is 30.7 Å². The third-order valence-electron chi connectivity index (χ3n) is 2.83. The maximum absolute atomic E-state index is 11.8. The van der Waals surface area contributed by atoms with Crippen molar-refractivity contribution in [3.63, 3.8) is 0 Å². The first-order valence-electron chi connectivity index (χ1n) is 5.98. The maximum atomic E-state index is 11.8. The number of hydrogen-bond donors (Lipinski definition) is 1. The van der Waals surface area contributed by atoms with Gasteiger partial charge in [-0.3, -0.25) is 9.59 Å². The van der Waals surface area contributed by atoms with Crippen molar-refractivity contribution in [2.75, 3.05) is 6.61 Å². The number of hydrogen-bond acceptors (Lipinski definition) is 4. The Morgan fingerprint density at radius 3 is 2.53 bits per heavy atom. The average Bonchev–Trinajstić information content (AvgIpc) is 2.27. The van der Waals surface area contributed by atoms with Gasteiger partial charge in [0.05, 0.1) is 18.6 Å². The van der Waals surface area contributed by atoms with Gasteiger partial charge in [-0.05, 0) is 26.3 Å². The van der Waals surface area contributed by atoms with Gasteiger partial charge in [-0.1, -0.05) is 0 Å². The van der Waals surface area contributed by atoms with Crippen LogP contribution in [0.2, 0.25) is 0 Å². The summed E-state index contributed by atoms with van der Waals surface area (Å²) in [5, 5.41) is 9.12. The molecule has 0 unspecified atom stereocenters. The summed E-state index contributed by atoms with van der Waals surface area (Å²) >= 11 is 0. The molecule has 19 heavy (non-hydrogen) atoms. The van der Waals surface area contributed by atoms with Gasteiger partial charge >= 0.3 is 11.9 Å². The van der Waals surface area contributed by atoms with E-state index < -0.39 is 11.9 Å². The molecule has 104 valence electrons. The molecule has 0 bridgehead atoms. The van der Waals surface area contributed by atoms with Crippen LogP contribution in [0.15, 0.2) is 10.9 Å². The lowest BCUT2D eigenvalue weighted by Gasteiger charge is -2.13. The Morgan fingerprint density at radius 1 is 1.37 bits per heavy atom. The highest BCUT2D eigenvalue weighted by atomic mass is 16.5. The zero-order chi connectivity index (χ0) is 14.6. The van der Waals surface area contributed by atoms with E-state index in [1.807, 2.05) is 0 Å². The molecule has 0 saturated carbocycles. The number of carboxylic acid groups (broad SMARTS) is 1. The molecule has 0 fully saturated rings. The zero-order valence-electron chi connectivity index (χ0n) is 11.2. The van der Waals surface area contributed by atoms with Gasteiger partial charge in [0.2, 0.25) is 0 Å². The molecule has 1 rings (SSSR count). The molecule has 1 N–H and O–H groups in total. The number of carbonyl (C=O) groups is 2. The largest absolute Gasteiger partial charge is 0.478 e. The SMILES string of the molecule is CCOC(=O)CCn1c(C)c(C(=O)O)c(C)cc1=O. The molecule has 0 radical (unpaired) electrons. The van der Waals surface area contributed by atoms with Crippen molar-refractivity contribution in [1.82, 2.24) is 4.57 Å². The van der Waals surface area contributed by atoms with Crippen molar-refractivity contribution in [2.24, 2.45) is 0 Å². The summed E-state index contributed by atoms with van der Waals surface area (Å²) in [5.74, 6) is -1.49. The van der Waals surface area contributed by atoms with Crippen LogP contribution in [-0.4, -0.2) is 28.2 Å². The molecule has 0 aliphatic rings. The van der Waals surface area contributed by atoms with E-state index in [1.165, 1.54) is 10.6 Å². The van der Waals surface area contributed by atoms with Gasteiger partial charge in [-0.15, -0.1) is 0 Å². The smallest absolute Gasteiger partial charge is 0.337 e. The maximum Gasteiger partial charge on any atom is 0.337 e. The highest BCUT2D eigenvalue weighted by molar-refractivity contribution is 5.90. The molecule has 0 saturated heterocycles. The van der Waals surface area contributed by atoms with Gasteiger partial charge in [0, 0.05) is 18.3 Å². The van der Waals surface area contributed by atoms with Gasteiger partial charge < -0.3 is 14.4 Å². The number of aromatic nitrogens is 1. The topological polar surface area (TPSA) is 85.6 Å². The predicted molar refractivity (Wildman–Crippen MR) is 68.4 cm³/mol. The standard InChI is InChI=1S/C13H17NO5/c1-4-19-11(16)5-6-14-9(3)12(13(17)18)8(2)7-10(14)15/h7H,4-6H2,1-3H3,(H,17,18). The van der Waals surface area contributed by atoms with Gasteiger partial charge in [-0.25, -0.2) is 4.79 Å². The monoisotopic (exact) mass is 267 g/mol. The third kappa shape index (κ3) is 3.43. The fourth-order valence-corrected chi connectivity index (χ4v) is 1.96. The van der Waals surface area contributed by atoms with E-state index in [9.17, 15) is 14.4 Å². The Labute approximate surface area is 110 Å². The van der Waals surface area contributed by atoms with E-state index in [1.54, 1.807) is 20.8 Å². The van der Waals surface area contributed by atoms with E-state index in [0.717, 1.165) is 0 Å². The lowest BCUT2D eigenvalue weighted by Crippen LogP contribution is -2.26. The Hall–Kier alpha value is -2.11. The van der Waals surface area contributed by atoms with Crippen LogP contribution in [0.25, 0.3) is 0 Å². The molecule has 6 heteroatoms. The number of nitrogens with zero attached hydrogens (tertiary/aromatic N) is 1. The van der Waals surface area contributed by atoms with Crippen molar-refractivity contribution in [3.8, 4) is 0 Å². The summed E-state index contributed by atoms with van der Waals surface area (Å²) in [5.41, 5.74) is 0.553. The molecule has 1 aromatic rings. The van der Waals surface area contributed by atoms with Crippen molar-refractivity contribution < 1.29 is 19.4 Å². The summed E-state index contributed by atoms with van der Waals surface area (Å²) in [4.78, 5) is 34.2. The van der Waals surface area contributed by atoms with Gasteiger partial charge in [0.1, 0.15) is 0 Å². The highest BCUT2D eigenvalue weighted by Crippen LogP contribution is 2.11. The Kier molecular flexibility index (Phi) is 4.86. The first kappa shape index (κ1) is 14.9. The number of esters is 1. The quantitative estimate of drug-likeness (QED) is 0.808. The zero-order valence-corrected chi connectivity index (χ0v) is 11.2. The molecule has 0 aliphatic heterocycles. The number of pyridine rings is 1. The second kappa shape index (κ2) is 6.17. The molecule has 0 aromatic carbocycles. The predicted octanol–water partition coefficient (Wildman–Crippen LogP) is 1.12. The second-order valence-corrected chi connectivity index (χ2v) is 4.14. The first-order valence-corrected chi connectivity index (χ1v) is 5.98. The van der Waals surface area contributed by atoms with Crippen LogP contribution in [0, 0.1) is 13.8 Å². The lowest BCUT2D eigenvalue weighted by molar-refractivity contribution is -0.143. The Balaban J connectivity index is 3.08. The van der Waals surface area contributed by atoms with E-state index in [2.05, 4.69) is 0 Å². The molecule has 0 amide bonds. The minimum atomic E-state index is -1.08. The minimum absolute atomic E-state index is 0.0384. The molecule has 0 spiro atoms. The van der Waals surface area contributed by atoms with Gasteiger partial charge in [0.25, 0.3) is 5.56 Å². The molecular formula is C13H17NO5. The van der Waals surface area contributed by atoms with Gasteiger partial charge in [-0.2, -0.15) is 0 Å². The fraction of sp³-hybridized carbons (Fsp3) is 0.462. The van der Waals surface area contributed by atoms with Crippen LogP contribution in [0.4, 0.5) is 0 Å². The number of carbonyl (C=O) groups excluding carboxylic acids is 1. The third-order valence-corrected chi connectivity index (χ3v) is 2.83. The lowest BCUT2D eigenvalue weighted by atomic mass is 10.1. The van der Waals surface area contributed by atoms with Crippen LogP contribution >= 0.6 is 0 Å². The van der Waals surface area contributed by atoms with Crippen LogP contribution < -0.4 is 5.56 Å². The molecule has 1 heterocycles. The van der Waals surface area contributed by atoms with Crippen molar-refractivity contribution in [1.29, 1.82) is 0 Å². The Bertz CT molecular complexity index is 559. The molecule has 0 aliphatic carbocycles. The summed E-state index contributed by atoms with van der Waals surface area (Å²) in [7, 11) is 0. The number of rotatable bonds is 5. The van der Waals surface area contributed by atoms with E-state index in [0.29, 0.717) is 11.3 Å². The summed E-state index contributed by atoms with van der Waals surface area (Å²) in [6.07, 6.45) is 0.0384. The highest BCUT2D eigenvalue weighted by Gasteiger charge is 2.16. The molecule has 0 atom stereocenters. The molecule has 6 nitrogen and oxygen atoms in total. The first-order chi connectivity index (χ1) is 8.88. The van der Waals surface area contributed by atoms with Crippen LogP contribution in [0.1, 0.15) is 35.0 Å². The van der Waals surface area contributed by atoms with E-state index >= 15 is 0 Å².